The number of rotatable bonds is 3. The zero-order valence-electron chi connectivity index (χ0n) is 45.5. The smallest absolute Gasteiger partial charge is 0.252 e. The molecule has 0 spiro atoms. The maximum atomic E-state index is 12.4. The lowest BCUT2D eigenvalue weighted by molar-refractivity contribution is 0.632. The average molecular weight is 1050 g/mol. The van der Waals surface area contributed by atoms with Gasteiger partial charge in [-0.2, -0.15) is 10.5 Å². The molecule has 3 aromatic heterocycles. The van der Waals surface area contributed by atoms with Gasteiger partial charge < -0.3 is 23.5 Å². The molecule has 82 heavy (non-hydrogen) atoms. The molecule has 0 radical (unpaired) electrons. The Morgan fingerprint density at radius 1 is 0.341 bits per heavy atom. The van der Waals surface area contributed by atoms with Crippen molar-refractivity contribution in [2.24, 2.45) is 0 Å². The highest BCUT2D eigenvalue weighted by Crippen LogP contribution is 2.55. The Bertz CT molecular complexity index is 4940. The molecular formula is C74H48BN7. The molecule has 7 nitrogen and oxygen atoms in total. The zero-order chi connectivity index (χ0) is 54.7. The normalized spacial score (nSPS) is 14.7. The standard InChI is InChI=1S/C74H48BN7/c1-73(2)53-23-7-13-31-63(53)78(64-32-14-8-24-54(64)73)43-35-37-61-49(39-43)50-40-44(79-65-33-15-9-25-55(65)74(3,4)56-26-10-16-34-66(56)79)36-38-62(50)80(61)68-51(41-76)71-67-72(52(68)42-77)82-60-30-12-6-20-46(60)48-22-18-28-58(70(48)82)75(67)57-27-17-21-47-45-19-5-11-29-59(45)81(71)69(47)57/h5-40H,1-4H3. The van der Waals surface area contributed by atoms with Gasteiger partial charge in [-0.1, -0.05) is 173 Å². The summed E-state index contributed by atoms with van der Waals surface area (Å²) in [6.45, 7) is 9.04. The molecule has 0 unspecified atom stereocenters. The first kappa shape index (κ1) is 45.3. The first-order valence-electron chi connectivity index (χ1n) is 28.3. The van der Waals surface area contributed by atoms with E-state index in [1.807, 2.05) is 0 Å². The predicted octanol–water partition coefficient (Wildman–Crippen LogP) is 16.1. The highest BCUT2D eigenvalue weighted by molar-refractivity contribution is 7.00. The molecule has 4 aliphatic heterocycles. The van der Waals surface area contributed by atoms with E-state index < -0.39 is 0 Å². The van der Waals surface area contributed by atoms with Crippen molar-refractivity contribution in [3.05, 3.63) is 252 Å². The highest BCUT2D eigenvalue weighted by atomic mass is 15.2. The maximum absolute atomic E-state index is 12.4. The number of benzene rings is 11. The number of anilines is 6. The summed E-state index contributed by atoms with van der Waals surface area (Å²) < 4.78 is 6.98. The molecule has 0 saturated heterocycles. The third kappa shape index (κ3) is 5.40. The predicted molar refractivity (Wildman–Crippen MR) is 337 cm³/mol. The average Bonchev–Trinajstić information content (AvgIpc) is 1.98. The van der Waals surface area contributed by atoms with Crippen LogP contribution >= 0.6 is 0 Å². The van der Waals surface area contributed by atoms with Crippen LogP contribution in [0.4, 0.5) is 34.1 Å². The second-order valence-electron chi connectivity index (χ2n) is 23.8. The van der Waals surface area contributed by atoms with Crippen LogP contribution in [0.15, 0.2) is 218 Å². The van der Waals surface area contributed by atoms with Crippen molar-refractivity contribution in [2.45, 2.75) is 38.5 Å². The van der Waals surface area contributed by atoms with Crippen molar-refractivity contribution < 1.29 is 0 Å². The lowest BCUT2D eigenvalue weighted by Crippen LogP contribution is -2.60. The molecule has 8 heteroatoms. The lowest BCUT2D eigenvalue weighted by Gasteiger charge is -2.42. The largest absolute Gasteiger partial charge is 0.310 e. The summed E-state index contributed by atoms with van der Waals surface area (Å²) in [6.07, 6.45) is 0. The van der Waals surface area contributed by atoms with Gasteiger partial charge in [0.25, 0.3) is 6.71 Å². The monoisotopic (exact) mass is 1050 g/mol. The minimum absolute atomic E-state index is 0.240. The Hall–Kier alpha value is -10.5. The van der Waals surface area contributed by atoms with E-state index in [0.717, 1.165) is 127 Å². The fraction of sp³-hybridized carbons (Fsp3) is 0.0811. The van der Waals surface area contributed by atoms with Crippen molar-refractivity contribution in [2.75, 3.05) is 9.80 Å². The first-order chi connectivity index (χ1) is 40.2. The Labute approximate surface area is 473 Å². The second-order valence-corrected chi connectivity index (χ2v) is 23.8. The van der Waals surface area contributed by atoms with Crippen LogP contribution in [0.3, 0.4) is 0 Å². The van der Waals surface area contributed by atoms with Crippen LogP contribution in [0.2, 0.25) is 0 Å². The van der Waals surface area contributed by atoms with E-state index in [2.05, 4.69) is 282 Å². The van der Waals surface area contributed by atoms with Gasteiger partial charge in [-0.05, 0) is 111 Å². The molecule has 11 aromatic carbocycles. The van der Waals surface area contributed by atoms with Crippen LogP contribution in [0.25, 0.3) is 82.5 Å². The molecule has 0 amide bonds. The number of nitriles is 2. The number of aromatic nitrogens is 3. The fourth-order valence-corrected chi connectivity index (χ4v) is 15.8. The number of hydrogen-bond donors (Lipinski definition) is 0. The van der Waals surface area contributed by atoms with Gasteiger partial charge in [-0.3, -0.25) is 0 Å². The number of fused-ring (bicyclic) bond motifs is 17. The second kappa shape index (κ2) is 15.6. The summed E-state index contributed by atoms with van der Waals surface area (Å²) in [5, 5.41) is 31.3. The molecule has 4 aliphatic rings. The summed E-state index contributed by atoms with van der Waals surface area (Å²) in [4.78, 5) is 4.84. The van der Waals surface area contributed by atoms with E-state index in [1.165, 1.54) is 22.3 Å². The Morgan fingerprint density at radius 3 is 1.10 bits per heavy atom. The molecule has 0 fully saturated rings. The minimum Gasteiger partial charge on any atom is -0.310 e. The molecule has 0 saturated carbocycles. The molecular weight excluding hydrogens is 998 g/mol. The topological polar surface area (TPSA) is 68.8 Å². The third-order valence-electron chi connectivity index (χ3n) is 19.2. The van der Waals surface area contributed by atoms with Gasteiger partial charge in [0.1, 0.15) is 23.3 Å². The molecule has 7 heterocycles. The SMILES string of the molecule is CC1(C)c2ccccc2N(c2ccc3c(c2)c2cc(N4c5ccccc5C(C)(C)c5ccccc54)ccc2n3-c2c(C#N)c3c4c(c2C#N)-n2c5ccccc5c5cccc(c52)B4c2cccc4c5ccccc5n-3c24)c2ccccc21. The van der Waals surface area contributed by atoms with Crippen LogP contribution < -0.4 is 26.2 Å². The Morgan fingerprint density at radius 2 is 0.695 bits per heavy atom. The zero-order valence-corrected chi connectivity index (χ0v) is 45.5. The molecule has 14 aromatic rings. The van der Waals surface area contributed by atoms with Crippen LogP contribution in [-0.4, -0.2) is 20.4 Å². The van der Waals surface area contributed by atoms with Gasteiger partial charge >= 0.3 is 0 Å². The van der Waals surface area contributed by atoms with Crippen molar-refractivity contribution in [1.29, 1.82) is 10.5 Å². The third-order valence-corrected chi connectivity index (χ3v) is 19.2. The summed E-state index contributed by atoms with van der Waals surface area (Å²) in [7, 11) is 0. The van der Waals surface area contributed by atoms with Gasteiger partial charge in [0, 0.05) is 65.6 Å². The lowest BCUT2D eigenvalue weighted by atomic mass is 9.34. The van der Waals surface area contributed by atoms with Crippen LogP contribution in [0, 0.1) is 22.7 Å². The summed E-state index contributed by atoms with van der Waals surface area (Å²) >= 11 is 0. The summed E-state index contributed by atoms with van der Waals surface area (Å²) in [5.74, 6) is 0. The van der Waals surface area contributed by atoms with Gasteiger partial charge in [-0.15, -0.1) is 0 Å². The number of hydrogen-bond acceptors (Lipinski definition) is 4. The van der Waals surface area contributed by atoms with E-state index in [1.54, 1.807) is 0 Å². The van der Waals surface area contributed by atoms with E-state index >= 15 is 0 Å². The van der Waals surface area contributed by atoms with Crippen LogP contribution in [0.1, 0.15) is 61.1 Å². The van der Waals surface area contributed by atoms with Crippen LogP contribution in [-0.2, 0) is 10.8 Å². The molecule has 0 aliphatic carbocycles. The minimum atomic E-state index is -0.261. The van der Waals surface area contributed by atoms with Gasteiger partial charge in [-0.25, -0.2) is 0 Å². The van der Waals surface area contributed by atoms with Crippen molar-refractivity contribution in [3.63, 3.8) is 0 Å². The number of nitrogens with zero attached hydrogens (tertiary/aromatic N) is 7. The maximum Gasteiger partial charge on any atom is 0.252 e. The molecule has 0 bridgehead atoms. The van der Waals surface area contributed by atoms with Crippen molar-refractivity contribution in [1.82, 2.24) is 13.7 Å². The molecule has 0 N–H and O–H groups in total. The molecule has 382 valence electrons. The number of para-hydroxylation sites is 8. The summed E-state index contributed by atoms with van der Waals surface area (Å²) in [5.41, 5.74) is 23.5. The van der Waals surface area contributed by atoms with E-state index in [0.29, 0.717) is 16.8 Å². The Kier molecular flexibility index (Phi) is 8.65. The van der Waals surface area contributed by atoms with Crippen LogP contribution in [0.5, 0.6) is 0 Å². The first-order valence-corrected chi connectivity index (χ1v) is 28.3. The highest BCUT2D eigenvalue weighted by Gasteiger charge is 2.46. The quantitative estimate of drug-likeness (QED) is 0.165. The van der Waals surface area contributed by atoms with E-state index in [9.17, 15) is 10.5 Å². The van der Waals surface area contributed by atoms with E-state index in [4.69, 9.17) is 0 Å². The van der Waals surface area contributed by atoms with E-state index in [-0.39, 0.29) is 17.5 Å². The van der Waals surface area contributed by atoms with Crippen molar-refractivity contribution in [3.8, 4) is 29.2 Å². The molecule has 18 rings (SSSR count). The van der Waals surface area contributed by atoms with Crippen molar-refractivity contribution >= 4 is 123 Å². The van der Waals surface area contributed by atoms with Gasteiger partial charge in [0.15, 0.2) is 0 Å². The van der Waals surface area contributed by atoms with Gasteiger partial charge in [0.05, 0.1) is 61.9 Å². The van der Waals surface area contributed by atoms with Gasteiger partial charge in [0.2, 0.25) is 0 Å². The molecule has 0 atom stereocenters. The summed E-state index contributed by atoms with van der Waals surface area (Å²) in [6, 6.07) is 85.2. The Balaban J connectivity index is 1.01. The fourth-order valence-electron chi connectivity index (χ4n) is 15.8.